The van der Waals surface area contributed by atoms with Gasteiger partial charge in [-0.3, -0.25) is 9.59 Å². The minimum Gasteiger partial charge on any atom is -0.481 e. The van der Waals surface area contributed by atoms with Gasteiger partial charge in [0.1, 0.15) is 11.6 Å². The number of ketones is 1. The number of nitrogens with one attached hydrogen (secondary N) is 1. The first-order chi connectivity index (χ1) is 12.1. The van der Waals surface area contributed by atoms with E-state index in [1.54, 1.807) is 24.3 Å². The highest BCUT2D eigenvalue weighted by atomic mass is 35.5. The molecule has 1 unspecified atom stereocenters. The van der Waals surface area contributed by atoms with Crippen LogP contribution < -0.4 is 5.32 Å². The zero-order valence-corrected chi connectivity index (χ0v) is 15.9. The van der Waals surface area contributed by atoms with Crippen molar-refractivity contribution in [3.05, 3.63) is 34.9 Å². The zero-order chi connectivity index (χ0) is 19.5. The van der Waals surface area contributed by atoms with Gasteiger partial charge in [-0.15, -0.1) is 0 Å². The molecule has 1 fully saturated rings. The largest absolute Gasteiger partial charge is 0.481 e. The molecule has 0 saturated heterocycles. The van der Waals surface area contributed by atoms with Gasteiger partial charge in [0.2, 0.25) is 0 Å². The molecule has 26 heavy (non-hydrogen) atoms. The number of benzene rings is 1. The molecule has 1 aliphatic rings. The fraction of sp³-hybridized carbons (Fsp3) is 0.526. The lowest BCUT2D eigenvalue weighted by Crippen LogP contribution is -2.54. The Balaban J connectivity index is 2.29. The standard InChI is InChI=1S/C19H24ClNO5/c1-12(18(2,3)16(23)24)26-17(25)21-19(11-7-6-10-15(19)22)13-8-4-5-9-14(13)20/h4-5,8-9,12H,6-7,10-11H2,1-3H3,(H,21,25)(H,23,24)/t12?,19-/m0/s1. The maximum atomic E-state index is 12.8. The van der Waals surface area contributed by atoms with Crippen molar-refractivity contribution in [3.63, 3.8) is 0 Å². The molecular formula is C19H24ClNO5. The zero-order valence-electron chi connectivity index (χ0n) is 15.2. The first kappa shape index (κ1) is 20.2. The van der Waals surface area contributed by atoms with E-state index in [1.165, 1.54) is 20.8 Å². The number of halogens is 1. The molecule has 7 heteroatoms. The van der Waals surface area contributed by atoms with Gasteiger partial charge in [0.05, 0.1) is 5.41 Å². The summed E-state index contributed by atoms with van der Waals surface area (Å²) in [7, 11) is 0. The Morgan fingerprint density at radius 1 is 1.31 bits per heavy atom. The number of aliphatic carboxylic acids is 1. The fourth-order valence-corrected chi connectivity index (χ4v) is 3.30. The van der Waals surface area contributed by atoms with Gasteiger partial charge in [-0.1, -0.05) is 29.8 Å². The van der Waals surface area contributed by atoms with Gasteiger partial charge >= 0.3 is 12.1 Å². The molecule has 0 bridgehead atoms. The average Bonchev–Trinajstić information content (AvgIpc) is 2.57. The first-order valence-corrected chi connectivity index (χ1v) is 8.99. The van der Waals surface area contributed by atoms with Gasteiger partial charge in [-0.2, -0.15) is 0 Å². The Kier molecular flexibility index (Phi) is 5.96. The van der Waals surface area contributed by atoms with E-state index in [9.17, 15) is 19.5 Å². The SMILES string of the molecule is CC(OC(=O)N[C@]1(c2ccccc2Cl)CCCCC1=O)C(C)(C)C(=O)O. The smallest absolute Gasteiger partial charge is 0.408 e. The maximum Gasteiger partial charge on any atom is 0.408 e. The number of carbonyl (C=O) groups is 3. The van der Waals surface area contributed by atoms with Crippen LogP contribution in [0.5, 0.6) is 0 Å². The van der Waals surface area contributed by atoms with Crippen molar-refractivity contribution >= 4 is 29.4 Å². The van der Waals surface area contributed by atoms with Gasteiger partial charge in [0.25, 0.3) is 0 Å². The number of hydrogen-bond donors (Lipinski definition) is 2. The van der Waals surface area contributed by atoms with E-state index in [0.717, 1.165) is 12.8 Å². The van der Waals surface area contributed by atoms with Crippen LogP contribution in [0.2, 0.25) is 5.02 Å². The van der Waals surface area contributed by atoms with Crippen molar-refractivity contribution in [1.29, 1.82) is 0 Å². The Hall–Kier alpha value is -2.08. The van der Waals surface area contributed by atoms with Crippen molar-refractivity contribution in [2.75, 3.05) is 0 Å². The van der Waals surface area contributed by atoms with Crippen LogP contribution in [0.1, 0.15) is 52.0 Å². The van der Waals surface area contributed by atoms with Crippen LogP contribution in [0, 0.1) is 5.41 Å². The highest BCUT2D eigenvalue weighted by Gasteiger charge is 2.45. The molecule has 2 rings (SSSR count). The third-order valence-corrected chi connectivity index (χ3v) is 5.51. The summed E-state index contributed by atoms with van der Waals surface area (Å²) in [6.07, 6.45) is 0.546. The van der Waals surface area contributed by atoms with E-state index in [4.69, 9.17) is 16.3 Å². The van der Waals surface area contributed by atoms with Gasteiger partial charge in [-0.05, 0) is 46.1 Å². The monoisotopic (exact) mass is 381 g/mol. The lowest BCUT2D eigenvalue weighted by atomic mass is 9.75. The van der Waals surface area contributed by atoms with E-state index >= 15 is 0 Å². The Morgan fingerprint density at radius 2 is 1.96 bits per heavy atom. The molecule has 0 aliphatic heterocycles. The molecule has 0 aromatic heterocycles. The highest BCUT2D eigenvalue weighted by molar-refractivity contribution is 6.31. The number of carboxylic acids is 1. The molecule has 2 N–H and O–H groups in total. The predicted molar refractivity (Wildman–Crippen MR) is 97.1 cm³/mol. The number of hydrogen-bond acceptors (Lipinski definition) is 4. The van der Waals surface area contributed by atoms with Crippen LogP contribution in [-0.4, -0.2) is 29.1 Å². The molecule has 2 atom stereocenters. The third-order valence-electron chi connectivity index (χ3n) is 5.18. The van der Waals surface area contributed by atoms with Crippen LogP contribution in [-0.2, 0) is 19.9 Å². The molecule has 1 amide bonds. The average molecular weight is 382 g/mol. The number of Topliss-reactive ketones (excluding diaryl/α,β-unsaturated/α-hetero) is 1. The third kappa shape index (κ3) is 3.85. The second kappa shape index (κ2) is 7.66. The maximum absolute atomic E-state index is 12.8. The minimum absolute atomic E-state index is 0.126. The fourth-order valence-electron chi connectivity index (χ4n) is 3.01. The van der Waals surface area contributed by atoms with E-state index in [0.29, 0.717) is 23.4 Å². The van der Waals surface area contributed by atoms with Crippen LogP contribution in [0.25, 0.3) is 0 Å². The molecule has 0 radical (unpaired) electrons. The molecule has 0 spiro atoms. The van der Waals surface area contributed by atoms with Crippen molar-refractivity contribution in [2.45, 2.75) is 58.1 Å². The summed E-state index contributed by atoms with van der Waals surface area (Å²) in [4.78, 5) is 36.6. The van der Waals surface area contributed by atoms with Crippen molar-refractivity contribution in [2.24, 2.45) is 5.41 Å². The van der Waals surface area contributed by atoms with Crippen LogP contribution in [0.3, 0.4) is 0 Å². The Bertz CT molecular complexity index is 718. The van der Waals surface area contributed by atoms with Crippen LogP contribution >= 0.6 is 11.6 Å². The van der Waals surface area contributed by atoms with Gasteiger partial charge < -0.3 is 15.2 Å². The summed E-state index contributed by atoms with van der Waals surface area (Å²) in [5, 5.41) is 12.4. The van der Waals surface area contributed by atoms with Crippen LogP contribution in [0.4, 0.5) is 4.79 Å². The quantitative estimate of drug-likeness (QED) is 0.806. The summed E-state index contributed by atoms with van der Waals surface area (Å²) in [6, 6.07) is 6.90. The molecule has 0 heterocycles. The van der Waals surface area contributed by atoms with Crippen LogP contribution in [0.15, 0.2) is 24.3 Å². The molecule has 1 aromatic rings. The van der Waals surface area contributed by atoms with E-state index in [2.05, 4.69) is 5.32 Å². The molecule has 1 aromatic carbocycles. The summed E-state index contributed by atoms with van der Waals surface area (Å²) >= 11 is 6.29. The minimum atomic E-state index is -1.26. The molecule has 1 aliphatic carbocycles. The Morgan fingerprint density at radius 3 is 2.54 bits per heavy atom. The number of carboxylic acid groups (broad SMARTS) is 1. The van der Waals surface area contributed by atoms with Crippen molar-refractivity contribution < 1.29 is 24.2 Å². The Labute approximate surface area is 157 Å². The van der Waals surface area contributed by atoms with Gasteiger partial charge in [0, 0.05) is 17.0 Å². The van der Waals surface area contributed by atoms with Crippen molar-refractivity contribution in [3.8, 4) is 0 Å². The van der Waals surface area contributed by atoms with E-state index in [1.807, 2.05) is 0 Å². The van der Waals surface area contributed by atoms with Gasteiger partial charge in [0.15, 0.2) is 5.78 Å². The molecular weight excluding hydrogens is 358 g/mol. The summed E-state index contributed by atoms with van der Waals surface area (Å²) < 4.78 is 5.29. The normalized spacial score (nSPS) is 21.8. The van der Waals surface area contributed by atoms with Gasteiger partial charge in [-0.25, -0.2) is 4.79 Å². The number of amides is 1. The second-order valence-electron chi connectivity index (χ2n) is 7.21. The topological polar surface area (TPSA) is 92.7 Å². The molecule has 6 nitrogen and oxygen atoms in total. The van der Waals surface area contributed by atoms with E-state index < -0.39 is 29.1 Å². The summed E-state index contributed by atoms with van der Waals surface area (Å²) in [5.74, 6) is -1.20. The number of rotatable bonds is 5. The lowest BCUT2D eigenvalue weighted by molar-refractivity contribution is -0.152. The second-order valence-corrected chi connectivity index (χ2v) is 7.62. The van der Waals surface area contributed by atoms with Crippen molar-refractivity contribution in [1.82, 2.24) is 5.32 Å². The molecule has 1 saturated carbocycles. The number of carbonyl (C=O) groups excluding carboxylic acids is 2. The molecule has 142 valence electrons. The summed E-state index contributed by atoms with van der Waals surface area (Å²) in [5.41, 5.74) is -1.97. The highest BCUT2D eigenvalue weighted by Crippen LogP contribution is 2.38. The lowest BCUT2D eigenvalue weighted by Gasteiger charge is -2.38. The summed E-state index contributed by atoms with van der Waals surface area (Å²) in [6.45, 7) is 4.46. The number of ether oxygens (including phenoxy) is 1. The predicted octanol–water partition coefficient (Wildman–Crippen LogP) is 3.90. The van der Waals surface area contributed by atoms with E-state index in [-0.39, 0.29) is 5.78 Å². The first-order valence-electron chi connectivity index (χ1n) is 8.62. The number of alkyl carbamates (subject to hydrolysis) is 1.